The van der Waals surface area contributed by atoms with Crippen molar-refractivity contribution < 1.29 is 14.4 Å². The number of nitrogens with one attached hydrogen (secondary N) is 1. The first kappa shape index (κ1) is 18.2. The van der Waals surface area contributed by atoms with E-state index in [9.17, 15) is 14.4 Å². The van der Waals surface area contributed by atoms with Gasteiger partial charge in [-0.1, -0.05) is 18.2 Å². The number of hydrogen-bond donors (Lipinski definition) is 1. The summed E-state index contributed by atoms with van der Waals surface area (Å²) in [6.45, 7) is 4.39. The number of rotatable bonds is 4. The second-order valence-electron chi connectivity index (χ2n) is 8.69. The maximum Gasteiger partial charge on any atom is 0.242 e. The van der Waals surface area contributed by atoms with Crippen LogP contribution in [0, 0.1) is 24.7 Å². The zero-order chi connectivity index (χ0) is 20.3. The van der Waals surface area contributed by atoms with E-state index in [0.717, 1.165) is 16.6 Å². The third kappa shape index (κ3) is 2.99. The predicted molar refractivity (Wildman–Crippen MR) is 108 cm³/mol. The van der Waals surface area contributed by atoms with Gasteiger partial charge in [0.1, 0.15) is 12.5 Å². The van der Waals surface area contributed by atoms with Crippen molar-refractivity contribution in [3.63, 3.8) is 0 Å². The van der Waals surface area contributed by atoms with Crippen LogP contribution >= 0.6 is 0 Å². The van der Waals surface area contributed by atoms with E-state index >= 15 is 0 Å². The van der Waals surface area contributed by atoms with Crippen molar-refractivity contribution in [2.45, 2.75) is 25.9 Å². The molecule has 0 bridgehead atoms. The van der Waals surface area contributed by atoms with Crippen molar-refractivity contribution in [3.8, 4) is 0 Å². The summed E-state index contributed by atoms with van der Waals surface area (Å²) in [6.07, 6.45) is 0.595. The van der Waals surface area contributed by atoms with Crippen molar-refractivity contribution in [1.82, 2.24) is 19.7 Å². The van der Waals surface area contributed by atoms with Crippen LogP contribution in [-0.2, 0) is 20.9 Å². The molecule has 29 heavy (non-hydrogen) atoms. The van der Waals surface area contributed by atoms with E-state index in [1.54, 1.807) is 11.9 Å². The smallest absolute Gasteiger partial charge is 0.242 e. The van der Waals surface area contributed by atoms with Gasteiger partial charge >= 0.3 is 0 Å². The molecule has 7 nitrogen and oxygen atoms in total. The zero-order valence-corrected chi connectivity index (χ0v) is 16.8. The Kier molecular flexibility index (Phi) is 4.15. The number of benzene rings is 1. The van der Waals surface area contributed by atoms with Crippen molar-refractivity contribution in [2.75, 3.05) is 26.7 Å². The lowest BCUT2D eigenvalue weighted by Crippen LogP contribution is -2.42. The van der Waals surface area contributed by atoms with Crippen LogP contribution in [0.15, 0.2) is 30.3 Å². The Morgan fingerprint density at radius 3 is 2.59 bits per heavy atom. The molecule has 3 aliphatic rings. The first-order valence-corrected chi connectivity index (χ1v) is 10.3. The highest BCUT2D eigenvalue weighted by molar-refractivity contribution is 6.01. The number of carbonyl (C=O) groups is 3. The number of fused-ring (bicyclic) bond motifs is 2. The maximum atomic E-state index is 12.9. The molecule has 0 radical (unpaired) electrons. The third-order valence-electron chi connectivity index (χ3n) is 6.91. The van der Waals surface area contributed by atoms with Crippen LogP contribution in [0.1, 0.15) is 12.1 Å². The van der Waals surface area contributed by atoms with E-state index in [-0.39, 0.29) is 23.8 Å². The zero-order valence-electron chi connectivity index (χ0n) is 16.8. The Bertz CT molecular complexity index is 1000. The van der Waals surface area contributed by atoms with Gasteiger partial charge in [-0.3, -0.25) is 14.4 Å². The Labute approximate surface area is 169 Å². The molecule has 152 valence electrons. The molecular formula is C22H26N4O3. The lowest BCUT2D eigenvalue weighted by atomic mass is 10.1. The minimum Gasteiger partial charge on any atom is -0.352 e. The SMILES string of the molecule is Cc1cc2ccccc2n1CC(=O)N1C[C@@H]2C(NC(=O)C3CCN(C)C3=O)[C@@H]2C1. The van der Waals surface area contributed by atoms with Crippen LogP contribution < -0.4 is 5.32 Å². The number of nitrogens with zero attached hydrogens (tertiary/aromatic N) is 3. The second-order valence-corrected chi connectivity index (χ2v) is 8.69. The van der Waals surface area contributed by atoms with Crippen LogP contribution in [-0.4, -0.2) is 64.8 Å². The molecule has 1 N–H and O–H groups in total. The molecule has 1 aromatic heterocycles. The number of amides is 3. The second kappa shape index (κ2) is 6.61. The minimum atomic E-state index is -0.538. The van der Waals surface area contributed by atoms with Crippen LogP contribution in [0.2, 0.25) is 0 Å². The Morgan fingerprint density at radius 2 is 1.90 bits per heavy atom. The number of aromatic nitrogens is 1. The molecule has 5 rings (SSSR count). The molecule has 3 heterocycles. The Morgan fingerprint density at radius 1 is 1.17 bits per heavy atom. The fourth-order valence-electron chi connectivity index (χ4n) is 5.07. The number of hydrogen-bond acceptors (Lipinski definition) is 3. The van der Waals surface area contributed by atoms with Gasteiger partial charge in [0.05, 0.1) is 0 Å². The van der Waals surface area contributed by atoms with Crippen molar-refractivity contribution >= 4 is 28.6 Å². The molecule has 3 fully saturated rings. The molecule has 2 aliphatic heterocycles. The molecule has 4 atom stereocenters. The molecule has 1 saturated carbocycles. The molecule has 2 saturated heterocycles. The van der Waals surface area contributed by atoms with E-state index in [0.29, 0.717) is 44.4 Å². The molecule has 1 aromatic carbocycles. The quantitative estimate of drug-likeness (QED) is 0.787. The van der Waals surface area contributed by atoms with Gasteiger partial charge < -0.3 is 19.7 Å². The van der Waals surface area contributed by atoms with Crippen molar-refractivity contribution in [2.24, 2.45) is 17.8 Å². The summed E-state index contributed by atoms with van der Waals surface area (Å²) in [5, 5.41) is 4.21. The number of para-hydroxylation sites is 1. The lowest BCUT2D eigenvalue weighted by Gasteiger charge is -2.22. The van der Waals surface area contributed by atoms with Crippen molar-refractivity contribution in [1.29, 1.82) is 0 Å². The number of aryl methyl sites for hydroxylation is 1. The van der Waals surface area contributed by atoms with Gasteiger partial charge in [0.2, 0.25) is 17.7 Å². The Hall–Kier alpha value is -2.83. The first-order chi connectivity index (χ1) is 13.9. The van der Waals surface area contributed by atoms with Gasteiger partial charge in [-0.05, 0) is 30.9 Å². The highest BCUT2D eigenvalue weighted by Crippen LogP contribution is 2.45. The average molecular weight is 394 g/mol. The average Bonchev–Trinajstić information content (AvgIpc) is 3.05. The molecule has 1 aliphatic carbocycles. The molecule has 2 aromatic rings. The topological polar surface area (TPSA) is 74.7 Å². The van der Waals surface area contributed by atoms with Crippen LogP contribution in [0.3, 0.4) is 0 Å². The minimum absolute atomic E-state index is 0.0839. The van der Waals surface area contributed by atoms with Gasteiger partial charge in [-0.2, -0.15) is 0 Å². The Balaban J connectivity index is 1.17. The molecule has 0 spiro atoms. The summed E-state index contributed by atoms with van der Waals surface area (Å²) in [6, 6.07) is 10.3. The fraction of sp³-hybridized carbons (Fsp3) is 0.500. The monoisotopic (exact) mass is 394 g/mol. The molecule has 2 unspecified atom stereocenters. The van der Waals surface area contributed by atoms with Crippen LogP contribution in [0.5, 0.6) is 0 Å². The lowest BCUT2D eigenvalue weighted by molar-refractivity contribution is -0.137. The number of piperidine rings is 1. The summed E-state index contributed by atoms with van der Waals surface area (Å²) in [5.41, 5.74) is 2.17. The standard InChI is InChI=1S/C22H26N4O3/c1-13-9-14-5-3-4-6-18(14)26(13)12-19(27)25-10-16-17(11-25)20(16)23-21(28)15-7-8-24(2)22(15)29/h3-6,9,15-17,20H,7-8,10-12H2,1-2H3,(H,23,28)/t15?,16-,17+,20?. The highest BCUT2D eigenvalue weighted by Gasteiger charge is 2.58. The van der Waals surface area contributed by atoms with Gasteiger partial charge in [0, 0.05) is 55.8 Å². The van der Waals surface area contributed by atoms with Crippen molar-refractivity contribution in [3.05, 3.63) is 36.0 Å². The summed E-state index contributed by atoms with van der Waals surface area (Å²) in [4.78, 5) is 40.8. The fourth-order valence-corrected chi connectivity index (χ4v) is 5.07. The third-order valence-corrected chi connectivity index (χ3v) is 6.91. The number of likely N-dealkylation sites (tertiary alicyclic amines) is 2. The summed E-state index contributed by atoms with van der Waals surface area (Å²) in [5.74, 6) is -0.00634. The van der Waals surface area contributed by atoms with E-state index in [4.69, 9.17) is 0 Å². The molecule has 7 heteroatoms. The van der Waals surface area contributed by atoms with E-state index in [1.807, 2.05) is 30.0 Å². The normalized spacial score (nSPS) is 28.1. The summed E-state index contributed by atoms with van der Waals surface area (Å²) < 4.78 is 2.07. The van der Waals surface area contributed by atoms with E-state index in [2.05, 4.69) is 22.0 Å². The molecule has 3 amide bonds. The van der Waals surface area contributed by atoms with Gasteiger partial charge in [-0.15, -0.1) is 0 Å². The van der Waals surface area contributed by atoms with Crippen LogP contribution in [0.4, 0.5) is 0 Å². The maximum absolute atomic E-state index is 12.9. The van der Waals surface area contributed by atoms with Gasteiger partial charge in [0.15, 0.2) is 0 Å². The van der Waals surface area contributed by atoms with Gasteiger partial charge in [-0.25, -0.2) is 0 Å². The highest BCUT2D eigenvalue weighted by atomic mass is 16.2. The van der Waals surface area contributed by atoms with Gasteiger partial charge in [0.25, 0.3) is 0 Å². The predicted octanol–water partition coefficient (Wildman–Crippen LogP) is 1.00. The number of carbonyl (C=O) groups excluding carboxylic acids is 3. The largest absolute Gasteiger partial charge is 0.352 e. The first-order valence-electron chi connectivity index (χ1n) is 10.3. The summed E-state index contributed by atoms with van der Waals surface area (Å²) in [7, 11) is 1.74. The molecular weight excluding hydrogens is 368 g/mol. The van der Waals surface area contributed by atoms with E-state index < -0.39 is 5.92 Å². The van der Waals surface area contributed by atoms with Crippen LogP contribution in [0.25, 0.3) is 10.9 Å². The van der Waals surface area contributed by atoms with E-state index in [1.165, 1.54) is 0 Å². The summed E-state index contributed by atoms with van der Waals surface area (Å²) >= 11 is 0.